The van der Waals surface area contributed by atoms with Gasteiger partial charge in [-0.1, -0.05) is 85.9 Å². The van der Waals surface area contributed by atoms with Gasteiger partial charge in [-0.25, -0.2) is 0 Å². The molecular formula is C33H36BrOP. The summed E-state index contributed by atoms with van der Waals surface area (Å²) in [6.07, 6.45) is 4.49. The Balaban J connectivity index is 0.00000361. The Morgan fingerprint density at radius 3 is 1.75 bits per heavy atom. The molecule has 3 aromatic carbocycles. The van der Waals surface area contributed by atoms with Gasteiger partial charge in [-0.2, -0.15) is 0 Å². The van der Waals surface area contributed by atoms with Crippen molar-refractivity contribution >= 4 is 23.2 Å². The van der Waals surface area contributed by atoms with Gasteiger partial charge in [-0.3, -0.25) is 0 Å². The molecule has 1 nitrogen and oxygen atoms in total. The van der Waals surface area contributed by atoms with Crippen LogP contribution in [-0.4, -0.2) is 17.4 Å². The number of hydrogen-bond donors (Lipinski definition) is 1. The van der Waals surface area contributed by atoms with Crippen molar-refractivity contribution < 1.29 is 22.1 Å². The maximum atomic E-state index is 10.2. The van der Waals surface area contributed by atoms with E-state index < -0.39 is 7.26 Å². The number of hydrogen-bond acceptors (Lipinski definition) is 1. The Morgan fingerprint density at radius 1 is 0.889 bits per heavy atom. The average Bonchev–Trinajstić information content (AvgIpc) is 2.85. The molecule has 0 spiro atoms. The van der Waals surface area contributed by atoms with Gasteiger partial charge < -0.3 is 22.1 Å². The molecule has 1 aliphatic rings. The summed E-state index contributed by atoms with van der Waals surface area (Å²) in [6, 6.07) is 32.9. The van der Waals surface area contributed by atoms with Crippen LogP contribution < -0.4 is 32.9 Å². The molecule has 0 radical (unpaired) electrons. The molecule has 1 atom stereocenters. The molecular weight excluding hydrogens is 523 g/mol. The predicted molar refractivity (Wildman–Crippen MR) is 153 cm³/mol. The Labute approximate surface area is 228 Å². The van der Waals surface area contributed by atoms with Crippen molar-refractivity contribution in [2.45, 2.75) is 46.6 Å². The Morgan fingerprint density at radius 2 is 1.33 bits per heavy atom. The highest BCUT2D eigenvalue weighted by atomic mass is 79.9. The number of allylic oxidation sites excluding steroid dienone is 3. The third kappa shape index (κ3) is 6.10. The summed E-state index contributed by atoms with van der Waals surface area (Å²) in [4.78, 5) is 0. The summed E-state index contributed by atoms with van der Waals surface area (Å²) in [7, 11) is -1.90. The Kier molecular flexibility index (Phi) is 9.54. The Hall–Kier alpha value is -2.43. The van der Waals surface area contributed by atoms with E-state index in [9.17, 15) is 5.11 Å². The van der Waals surface area contributed by atoms with E-state index >= 15 is 0 Å². The zero-order valence-corrected chi connectivity index (χ0v) is 24.2. The quantitative estimate of drug-likeness (QED) is 0.376. The monoisotopic (exact) mass is 558 g/mol. The number of benzene rings is 3. The highest BCUT2D eigenvalue weighted by Crippen LogP contribution is 2.55. The lowest BCUT2D eigenvalue weighted by Gasteiger charge is -2.34. The van der Waals surface area contributed by atoms with E-state index in [0.717, 1.165) is 24.6 Å². The largest absolute Gasteiger partial charge is 1.00 e. The minimum atomic E-state index is -1.90. The maximum absolute atomic E-state index is 10.2. The minimum Gasteiger partial charge on any atom is -1.00 e. The van der Waals surface area contributed by atoms with Gasteiger partial charge in [0.15, 0.2) is 0 Å². The molecule has 3 aromatic rings. The van der Waals surface area contributed by atoms with Crippen LogP contribution in [0.25, 0.3) is 0 Å². The summed E-state index contributed by atoms with van der Waals surface area (Å²) in [6.45, 7) is 8.63. The van der Waals surface area contributed by atoms with Gasteiger partial charge in [0, 0.05) is 11.0 Å². The van der Waals surface area contributed by atoms with E-state index in [4.69, 9.17) is 0 Å². The molecule has 0 aliphatic heterocycles. The summed E-state index contributed by atoms with van der Waals surface area (Å²) in [5.41, 5.74) is 3.41. The minimum absolute atomic E-state index is 0. The van der Waals surface area contributed by atoms with E-state index in [1.165, 1.54) is 27.1 Å². The van der Waals surface area contributed by atoms with Crippen LogP contribution in [0.5, 0.6) is 0 Å². The zero-order chi connectivity index (χ0) is 24.9. The summed E-state index contributed by atoms with van der Waals surface area (Å²) in [5.74, 6) is 6.97. The van der Waals surface area contributed by atoms with E-state index in [2.05, 4.69) is 137 Å². The van der Waals surface area contributed by atoms with Gasteiger partial charge in [0.05, 0.1) is 12.3 Å². The average molecular weight is 560 g/mol. The van der Waals surface area contributed by atoms with Crippen LogP contribution in [0.2, 0.25) is 0 Å². The lowest BCUT2D eigenvalue weighted by molar-refractivity contribution is -0.0000116. The van der Waals surface area contributed by atoms with Crippen LogP contribution >= 0.6 is 7.26 Å². The first-order valence-corrected chi connectivity index (χ1v) is 14.4. The summed E-state index contributed by atoms with van der Waals surface area (Å²) < 4.78 is 0. The molecule has 0 saturated heterocycles. The smallest absolute Gasteiger partial charge is 0.116 e. The first-order chi connectivity index (χ1) is 16.8. The van der Waals surface area contributed by atoms with Crippen LogP contribution in [0.4, 0.5) is 0 Å². The highest BCUT2D eigenvalue weighted by Gasteiger charge is 2.44. The van der Waals surface area contributed by atoms with E-state index in [0.29, 0.717) is 0 Å². The third-order valence-corrected chi connectivity index (χ3v) is 11.3. The molecule has 1 N–H and O–H groups in total. The zero-order valence-electron chi connectivity index (χ0n) is 21.7. The van der Waals surface area contributed by atoms with Gasteiger partial charge >= 0.3 is 0 Å². The van der Waals surface area contributed by atoms with Crippen LogP contribution in [0.1, 0.15) is 40.5 Å². The number of halogens is 1. The standard InChI is InChI=1S/C33H36OP.BrH/c1-26(20-21-32-27(2)24-28(34)25-33(32,3)4)22-23-35(29-14-8-5-9-15-29,30-16-10-6-11-17-30)31-18-12-7-13-19-31;/h5-19,22,28,34H,23-25H2,1-4H3;1H/q+1;/p-1/b26-22+;. The summed E-state index contributed by atoms with van der Waals surface area (Å²) >= 11 is 0. The summed E-state index contributed by atoms with van der Waals surface area (Å²) in [5, 5.41) is 14.4. The van der Waals surface area contributed by atoms with Crippen LogP contribution in [0.15, 0.2) is 114 Å². The molecule has 186 valence electrons. The second kappa shape index (κ2) is 12.2. The Bertz CT molecular complexity index is 1170. The lowest BCUT2D eigenvalue weighted by Crippen LogP contribution is -3.00. The van der Waals surface area contributed by atoms with Gasteiger partial charge in [0.1, 0.15) is 23.2 Å². The normalized spacial score (nSPS) is 17.6. The van der Waals surface area contributed by atoms with Crippen LogP contribution in [0.3, 0.4) is 0 Å². The number of aliphatic hydroxyl groups excluding tert-OH is 1. The molecule has 0 fully saturated rings. The van der Waals surface area contributed by atoms with Crippen LogP contribution in [0, 0.1) is 17.3 Å². The van der Waals surface area contributed by atoms with Crippen LogP contribution in [-0.2, 0) is 0 Å². The van der Waals surface area contributed by atoms with E-state index in [1.54, 1.807) is 0 Å². The van der Waals surface area contributed by atoms with Crippen molar-refractivity contribution in [3.05, 3.63) is 114 Å². The van der Waals surface area contributed by atoms with Crippen molar-refractivity contribution in [2.24, 2.45) is 5.41 Å². The van der Waals surface area contributed by atoms with Crippen molar-refractivity contribution in [3.63, 3.8) is 0 Å². The van der Waals surface area contributed by atoms with Gasteiger partial charge in [-0.05, 0) is 74.7 Å². The fourth-order valence-electron chi connectivity index (χ4n) is 5.37. The number of rotatable bonds is 5. The second-order valence-corrected chi connectivity index (χ2v) is 13.8. The molecule has 0 saturated carbocycles. The molecule has 36 heavy (non-hydrogen) atoms. The fourth-order valence-corrected chi connectivity index (χ4v) is 9.49. The van der Waals surface area contributed by atoms with E-state index in [-0.39, 0.29) is 28.5 Å². The first-order valence-electron chi connectivity index (χ1n) is 12.4. The van der Waals surface area contributed by atoms with Gasteiger partial charge in [-0.15, -0.1) is 0 Å². The van der Waals surface area contributed by atoms with Crippen molar-refractivity contribution in [2.75, 3.05) is 6.16 Å². The number of aliphatic hydroxyl groups is 1. The van der Waals surface area contributed by atoms with Gasteiger partial charge in [0.25, 0.3) is 0 Å². The molecule has 3 heteroatoms. The molecule has 0 amide bonds. The fraction of sp³-hybridized carbons (Fsp3) is 0.273. The van der Waals surface area contributed by atoms with Crippen molar-refractivity contribution in [3.8, 4) is 11.8 Å². The third-order valence-electron chi connectivity index (χ3n) is 7.04. The molecule has 1 aliphatic carbocycles. The predicted octanol–water partition coefficient (Wildman–Crippen LogP) is 3.43. The topological polar surface area (TPSA) is 20.2 Å². The molecule has 0 aromatic heterocycles. The first kappa shape index (κ1) is 28.1. The maximum Gasteiger partial charge on any atom is 0.116 e. The molecule has 0 heterocycles. The second-order valence-electron chi connectivity index (χ2n) is 10.2. The SMILES string of the molecule is CC1=C(C#C/C(C)=C/C[P+](c2ccccc2)(c2ccccc2)c2ccccc2)C(C)(C)CC(O)C1.[Br-]. The van der Waals surface area contributed by atoms with E-state index in [1.807, 2.05) is 0 Å². The lowest BCUT2D eigenvalue weighted by atomic mass is 9.72. The molecule has 0 bridgehead atoms. The van der Waals surface area contributed by atoms with Gasteiger partial charge in [0.2, 0.25) is 0 Å². The molecule has 1 unspecified atom stereocenters. The van der Waals surface area contributed by atoms with Crippen molar-refractivity contribution in [1.82, 2.24) is 0 Å². The highest BCUT2D eigenvalue weighted by molar-refractivity contribution is 7.95. The van der Waals surface area contributed by atoms with Crippen molar-refractivity contribution in [1.29, 1.82) is 0 Å². The molecule has 4 rings (SSSR count).